The minimum absolute atomic E-state index is 0.0479. The number of aliphatic hydroxyl groups excluding tert-OH is 2. The molecule has 15 heavy (non-hydrogen) atoms. The van der Waals surface area contributed by atoms with E-state index in [1.807, 2.05) is 19.1 Å². The zero-order valence-electron chi connectivity index (χ0n) is 8.97. The predicted molar refractivity (Wildman–Crippen MR) is 58.3 cm³/mol. The molecule has 0 aliphatic heterocycles. The van der Waals surface area contributed by atoms with E-state index >= 15 is 0 Å². The van der Waals surface area contributed by atoms with Gasteiger partial charge in [-0.15, -0.1) is 0 Å². The highest BCUT2D eigenvalue weighted by molar-refractivity contribution is 5.84. The zero-order chi connectivity index (χ0) is 11.3. The number of hydrogen-bond donors (Lipinski definition) is 2. The number of carbonyl (C=O) groups is 1. The second kappa shape index (κ2) is 5.83. The van der Waals surface area contributed by atoms with Crippen molar-refractivity contribution < 1.29 is 15.0 Å². The van der Waals surface area contributed by atoms with Crippen LogP contribution in [-0.2, 0) is 4.79 Å². The van der Waals surface area contributed by atoms with Crippen LogP contribution in [0.15, 0.2) is 24.3 Å². The number of allylic oxidation sites excluding steroid dienone is 2. The van der Waals surface area contributed by atoms with Gasteiger partial charge < -0.3 is 10.2 Å². The fourth-order valence-electron chi connectivity index (χ4n) is 2.03. The van der Waals surface area contributed by atoms with Gasteiger partial charge in [-0.2, -0.15) is 0 Å². The molecule has 1 fully saturated rings. The van der Waals surface area contributed by atoms with Crippen LogP contribution < -0.4 is 0 Å². The minimum Gasteiger partial charge on any atom is -0.392 e. The molecule has 0 bridgehead atoms. The molecule has 3 nitrogen and oxygen atoms in total. The summed E-state index contributed by atoms with van der Waals surface area (Å²) in [4.78, 5) is 11.6. The topological polar surface area (TPSA) is 57.5 Å². The third-order valence-corrected chi connectivity index (χ3v) is 2.82. The number of carbonyl (C=O) groups excluding carboxylic acids is 1. The smallest absolute Gasteiger partial charge is 0.139 e. The molecule has 0 spiro atoms. The summed E-state index contributed by atoms with van der Waals surface area (Å²) in [5, 5.41) is 18.4. The van der Waals surface area contributed by atoms with E-state index in [9.17, 15) is 9.90 Å². The van der Waals surface area contributed by atoms with Crippen molar-refractivity contribution in [1.29, 1.82) is 0 Å². The van der Waals surface area contributed by atoms with E-state index in [1.165, 1.54) is 0 Å². The van der Waals surface area contributed by atoms with Crippen molar-refractivity contribution in [3.63, 3.8) is 0 Å². The normalized spacial score (nSPS) is 32.2. The first-order valence-corrected chi connectivity index (χ1v) is 5.30. The quantitative estimate of drug-likeness (QED) is 0.682. The van der Waals surface area contributed by atoms with Crippen molar-refractivity contribution in [2.24, 2.45) is 11.8 Å². The predicted octanol–water partition coefficient (Wildman–Crippen LogP) is 1.07. The SMILES string of the molecule is C/C=C\C[C@H]1C(=O)C[C@@H](O)[C@@H]1/C=C/CO. The highest BCUT2D eigenvalue weighted by Crippen LogP contribution is 2.33. The van der Waals surface area contributed by atoms with Gasteiger partial charge in [-0.25, -0.2) is 0 Å². The van der Waals surface area contributed by atoms with Crippen molar-refractivity contribution >= 4 is 5.78 Å². The largest absolute Gasteiger partial charge is 0.392 e. The van der Waals surface area contributed by atoms with Gasteiger partial charge in [0.15, 0.2) is 0 Å². The third-order valence-electron chi connectivity index (χ3n) is 2.82. The van der Waals surface area contributed by atoms with Gasteiger partial charge in [0.25, 0.3) is 0 Å². The van der Waals surface area contributed by atoms with Gasteiger partial charge in [-0.3, -0.25) is 4.79 Å². The average Bonchev–Trinajstić information content (AvgIpc) is 2.47. The zero-order valence-corrected chi connectivity index (χ0v) is 8.97. The maximum atomic E-state index is 11.6. The molecule has 0 aromatic rings. The van der Waals surface area contributed by atoms with Crippen LogP contribution in [0.3, 0.4) is 0 Å². The Morgan fingerprint density at radius 1 is 1.47 bits per heavy atom. The van der Waals surface area contributed by atoms with E-state index in [0.717, 1.165) is 0 Å². The van der Waals surface area contributed by atoms with Crippen LogP contribution in [0.4, 0.5) is 0 Å². The van der Waals surface area contributed by atoms with Gasteiger partial charge in [0.1, 0.15) is 5.78 Å². The van der Waals surface area contributed by atoms with Crippen LogP contribution in [0, 0.1) is 11.8 Å². The Labute approximate surface area is 90.1 Å². The Kier molecular flexibility index (Phi) is 4.72. The minimum atomic E-state index is -0.587. The molecule has 0 heterocycles. The Hall–Kier alpha value is -0.930. The van der Waals surface area contributed by atoms with E-state index in [4.69, 9.17) is 5.11 Å². The van der Waals surface area contributed by atoms with Gasteiger partial charge in [0.05, 0.1) is 12.7 Å². The summed E-state index contributed by atoms with van der Waals surface area (Å²) in [6.45, 7) is 1.86. The second-order valence-corrected chi connectivity index (χ2v) is 3.84. The molecule has 1 aliphatic rings. The van der Waals surface area contributed by atoms with Crippen LogP contribution in [0.1, 0.15) is 19.8 Å². The van der Waals surface area contributed by atoms with Gasteiger partial charge in [0, 0.05) is 18.3 Å². The van der Waals surface area contributed by atoms with E-state index in [1.54, 1.807) is 12.2 Å². The summed E-state index contributed by atoms with van der Waals surface area (Å²) < 4.78 is 0. The fourth-order valence-corrected chi connectivity index (χ4v) is 2.03. The summed E-state index contributed by atoms with van der Waals surface area (Å²) in [6, 6.07) is 0. The first-order valence-electron chi connectivity index (χ1n) is 5.30. The van der Waals surface area contributed by atoms with Crippen LogP contribution in [0.25, 0.3) is 0 Å². The van der Waals surface area contributed by atoms with Crippen LogP contribution in [0.2, 0.25) is 0 Å². The molecule has 0 saturated heterocycles. The molecule has 0 aromatic heterocycles. The Balaban J connectivity index is 2.70. The summed E-state index contributed by atoms with van der Waals surface area (Å²) in [5.41, 5.74) is 0. The van der Waals surface area contributed by atoms with Gasteiger partial charge in [-0.05, 0) is 13.3 Å². The standard InChI is InChI=1S/C12H18O3/c1-2-3-5-9-10(6-4-7-13)12(15)8-11(9)14/h2-4,6,9-10,12-13,15H,5,7-8H2,1H3/b3-2-,6-4+/t9-,10-,12-/m1/s1. The van der Waals surface area contributed by atoms with Crippen molar-refractivity contribution in [2.45, 2.75) is 25.9 Å². The third kappa shape index (κ3) is 3.01. The Morgan fingerprint density at radius 2 is 2.20 bits per heavy atom. The van der Waals surface area contributed by atoms with Gasteiger partial charge in [0.2, 0.25) is 0 Å². The van der Waals surface area contributed by atoms with E-state index in [-0.39, 0.29) is 30.6 Å². The second-order valence-electron chi connectivity index (χ2n) is 3.84. The first-order chi connectivity index (χ1) is 7.20. The maximum absolute atomic E-state index is 11.6. The van der Waals surface area contributed by atoms with Gasteiger partial charge >= 0.3 is 0 Å². The molecule has 1 saturated carbocycles. The molecule has 0 amide bonds. The number of aliphatic hydroxyl groups is 2. The monoisotopic (exact) mass is 210 g/mol. The van der Waals surface area contributed by atoms with Crippen LogP contribution in [0.5, 0.6) is 0 Å². The lowest BCUT2D eigenvalue weighted by atomic mass is 9.91. The molecule has 0 radical (unpaired) electrons. The first kappa shape index (κ1) is 12.1. The number of rotatable bonds is 4. The molecule has 2 N–H and O–H groups in total. The lowest BCUT2D eigenvalue weighted by Gasteiger charge is -2.15. The summed E-state index contributed by atoms with van der Waals surface area (Å²) in [6.07, 6.45) is 7.52. The lowest BCUT2D eigenvalue weighted by Crippen LogP contribution is -2.18. The van der Waals surface area contributed by atoms with Crippen molar-refractivity contribution in [1.82, 2.24) is 0 Å². The summed E-state index contributed by atoms with van der Waals surface area (Å²) in [7, 11) is 0. The lowest BCUT2D eigenvalue weighted by molar-refractivity contribution is -0.121. The Morgan fingerprint density at radius 3 is 2.80 bits per heavy atom. The highest BCUT2D eigenvalue weighted by Gasteiger charge is 2.38. The van der Waals surface area contributed by atoms with E-state index in [2.05, 4.69) is 0 Å². The molecule has 0 unspecified atom stereocenters. The van der Waals surface area contributed by atoms with Crippen LogP contribution >= 0.6 is 0 Å². The van der Waals surface area contributed by atoms with Crippen molar-refractivity contribution in [3.8, 4) is 0 Å². The van der Waals surface area contributed by atoms with E-state index in [0.29, 0.717) is 6.42 Å². The van der Waals surface area contributed by atoms with E-state index < -0.39 is 6.10 Å². The fraction of sp³-hybridized carbons (Fsp3) is 0.583. The summed E-state index contributed by atoms with van der Waals surface area (Å²) in [5.74, 6) is -0.145. The molecule has 3 atom stereocenters. The Bertz CT molecular complexity index is 268. The highest BCUT2D eigenvalue weighted by atomic mass is 16.3. The molecule has 1 aliphatic carbocycles. The molecule has 3 heteroatoms. The summed E-state index contributed by atoms with van der Waals surface area (Å²) >= 11 is 0. The molecular weight excluding hydrogens is 192 g/mol. The molecule has 0 aromatic carbocycles. The van der Waals surface area contributed by atoms with Gasteiger partial charge in [-0.1, -0.05) is 24.3 Å². The number of hydrogen-bond acceptors (Lipinski definition) is 3. The average molecular weight is 210 g/mol. The van der Waals surface area contributed by atoms with Crippen LogP contribution in [-0.4, -0.2) is 28.7 Å². The molecule has 84 valence electrons. The molecule has 1 rings (SSSR count). The maximum Gasteiger partial charge on any atom is 0.139 e. The van der Waals surface area contributed by atoms with Crippen molar-refractivity contribution in [3.05, 3.63) is 24.3 Å². The number of ketones is 1. The number of Topliss-reactive ketones (excluding diaryl/α,β-unsaturated/α-hetero) is 1. The molecular formula is C12H18O3. The van der Waals surface area contributed by atoms with Crippen molar-refractivity contribution in [2.75, 3.05) is 6.61 Å².